The lowest BCUT2D eigenvalue weighted by molar-refractivity contribution is -0.144. The zero-order chi connectivity index (χ0) is 38.9. The molecule has 53 heavy (non-hydrogen) atoms. The minimum Gasteiger partial charge on any atom is -0.466 e. The van der Waals surface area contributed by atoms with E-state index in [4.69, 9.17) is 4.74 Å². The van der Waals surface area contributed by atoms with Gasteiger partial charge in [-0.05, 0) is 131 Å². The number of allylic oxidation sites excluding steroid dienone is 2. The fourth-order valence-electron chi connectivity index (χ4n) is 6.76. The number of hydrogen-bond donors (Lipinski definition) is 1. The highest BCUT2D eigenvalue weighted by molar-refractivity contribution is 5.82. The zero-order valence-corrected chi connectivity index (χ0v) is 31.2. The highest BCUT2D eigenvalue weighted by atomic mass is 19.4. The number of pyridine rings is 1. The molecule has 11 heteroatoms. The van der Waals surface area contributed by atoms with Crippen LogP contribution in [0, 0.1) is 12.7 Å². The van der Waals surface area contributed by atoms with Gasteiger partial charge in [0.2, 0.25) is 5.91 Å². The van der Waals surface area contributed by atoms with E-state index in [1.807, 2.05) is 13.0 Å². The van der Waals surface area contributed by atoms with Gasteiger partial charge in [-0.3, -0.25) is 14.4 Å². The van der Waals surface area contributed by atoms with Gasteiger partial charge in [0.25, 0.3) is 5.56 Å². The first kappa shape index (κ1) is 41.2. The first-order chi connectivity index (χ1) is 25.2. The van der Waals surface area contributed by atoms with Crippen LogP contribution in [0.5, 0.6) is 0 Å². The fraction of sp³-hybridized carbons (Fsp3) is 0.452. The Balaban J connectivity index is 1.78. The van der Waals surface area contributed by atoms with Crippen molar-refractivity contribution < 1.29 is 31.9 Å². The van der Waals surface area contributed by atoms with Crippen molar-refractivity contribution in [2.45, 2.75) is 95.8 Å². The number of nitrogens with one attached hydrogen (secondary N) is 1. The molecule has 1 fully saturated rings. The molecule has 2 aromatic carbocycles. The van der Waals surface area contributed by atoms with Gasteiger partial charge in [0.15, 0.2) is 0 Å². The molecule has 3 aromatic rings. The first-order valence-electron chi connectivity index (χ1n) is 18.3. The second kappa shape index (κ2) is 18.5. The van der Waals surface area contributed by atoms with Crippen molar-refractivity contribution in [1.29, 1.82) is 0 Å². The smallest absolute Gasteiger partial charge is 0.416 e. The molecule has 1 saturated carbocycles. The maximum Gasteiger partial charge on any atom is 0.416 e. The van der Waals surface area contributed by atoms with Gasteiger partial charge >= 0.3 is 12.1 Å². The fourth-order valence-corrected chi connectivity index (χ4v) is 6.76. The topological polar surface area (TPSA) is 80.6 Å². The molecule has 0 saturated heterocycles. The zero-order valence-electron chi connectivity index (χ0n) is 31.2. The SMILES string of the molecule is C=CCCCCc1cc(C2CC2)cc(C)c1-c1ccc(F)c([C@H](CC(=O)OCC)NC(=O)[C@H](CC=C)n2cc(CCN(C)C)c(C(F)(F)F)cc2=O)c1. The molecule has 7 nitrogen and oxygen atoms in total. The summed E-state index contributed by atoms with van der Waals surface area (Å²) in [4.78, 5) is 41.9. The quantitative estimate of drug-likeness (QED) is 0.0576. The van der Waals surface area contributed by atoms with Crippen LogP contribution in [-0.2, 0) is 33.3 Å². The van der Waals surface area contributed by atoms with Crippen LogP contribution in [0.25, 0.3) is 11.1 Å². The van der Waals surface area contributed by atoms with E-state index >= 15 is 4.39 Å². The Labute approximate surface area is 309 Å². The number of nitrogens with zero attached hydrogens (tertiary/aromatic N) is 2. The normalized spacial score (nSPS) is 14.1. The number of unbranched alkanes of at least 4 members (excludes halogenated alkanes) is 2. The second-order valence-corrected chi connectivity index (χ2v) is 14.0. The highest BCUT2D eigenvalue weighted by Gasteiger charge is 2.36. The minimum atomic E-state index is -4.79. The lowest BCUT2D eigenvalue weighted by atomic mass is 9.87. The molecule has 4 rings (SSSR count). The van der Waals surface area contributed by atoms with Gasteiger partial charge in [-0.1, -0.05) is 30.4 Å². The van der Waals surface area contributed by atoms with Gasteiger partial charge in [-0.15, -0.1) is 13.2 Å². The van der Waals surface area contributed by atoms with Crippen LogP contribution < -0.4 is 10.9 Å². The largest absolute Gasteiger partial charge is 0.466 e. The number of alkyl halides is 3. The molecule has 0 radical (unpaired) electrons. The summed E-state index contributed by atoms with van der Waals surface area (Å²) in [6, 6.07) is 6.98. The average Bonchev–Trinajstić information content (AvgIpc) is 3.94. The second-order valence-electron chi connectivity index (χ2n) is 14.0. The van der Waals surface area contributed by atoms with Crippen LogP contribution in [0.15, 0.2) is 72.7 Å². The molecule has 0 unspecified atom stereocenters. The molecule has 2 atom stereocenters. The summed E-state index contributed by atoms with van der Waals surface area (Å²) in [6.07, 6.45) is 4.87. The van der Waals surface area contributed by atoms with Gasteiger partial charge in [0, 0.05) is 24.4 Å². The van der Waals surface area contributed by atoms with Gasteiger partial charge in [-0.25, -0.2) is 4.39 Å². The van der Waals surface area contributed by atoms with Crippen molar-refractivity contribution in [3.8, 4) is 11.1 Å². The van der Waals surface area contributed by atoms with Gasteiger partial charge in [-0.2, -0.15) is 13.2 Å². The van der Waals surface area contributed by atoms with E-state index in [2.05, 4.69) is 30.6 Å². The van der Waals surface area contributed by atoms with Crippen molar-refractivity contribution in [2.75, 3.05) is 27.2 Å². The first-order valence-corrected chi connectivity index (χ1v) is 18.3. The molecule has 0 aliphatic heterocycles. The summed E-state index contributed by atoms with van der Waals surface area (Å²) in [5.41, 5.74) is 2.92. The third-order valence-corrected chi connectivity index (χ3v) is 9.57. The Morgan fingerprint density at radius 1 is 1.06 bits per heavy atom. The molecular weight excluding hydrogens is 686 g/mol. The predicted octanol–water partition coefficient (Wildman–Crippen LogP) is 8.79. The number of likely N-dealkylation sites (N-methyl/N-ethyl adjacent to an activating group) is 1. The lowest BCUT2D eigenvalue weighted by Crippen LogP contribution is -2.40. The number of rotatable bonds is 19. The Hall–Kier alpha value is -4.51. The predicted molar refractivity (Wildman–Crippen MR) is 200 cm³/mol. The number of aromatic nitrogens is 1. The van der Waals surface area contributed by atoms with E-state index in [1.165, 1.54) is 17.7 Å². The van der Waals surface area contributed by atoms with E-state index in [1.54, 1.807) is 38.1 Å². The number of esters is 1. The highest BCUT2D eigenvalue weighted by Crippen LogP contribution is 2.43. The van der Waals surface area contributed by atoms with E-state index in [0.29, 0.717) is 12.0 Å². The molecule has 1 N–H and O–H groups in total. The maximum atomic E-state index is 15.9. The van der Waals surface area contributed by atoms with E-state index in [0.717, 1.165) is 71.5 Å². The van der Waals surface area contributed by atoms with Crippen LogP contribution in [0.2, 0.25) is 0 Å². The number of ether oxygens (including phenoxy) is 1. The number of carbonyl (C=O) groups is 2. The Bertz CT molecular complexity index is 1840. The van der Waals surface area contributed by atoms with Crippen molar-refractivity contribution in [2.24, 2.45) is 0 Å². The monoisotopic (exact) mass is 737 g/mol. The maximum absolute atomic E-state index is 15.9. The average molecular weight is 738 g/mol. The third kappa shape index (κ3) is 11.0. The third-order valence-electron chi connectivity index (χ3n) is 9.57. The number of halogens is 4. The van der Waals surface area contributed by atoms with Gasteiger partial charge in [0.05, 0.1) is 24.6 Å². The number of amides is 1. The molecule has 0 spiro atoms. The molecule has 1 aliphatic carbocycles. The number of aryl methyl sites for hydroxylation is 2. The summed E-state index contributed by atoms with van der Waals surface area (Å²) in [5, 5.41) is 2.75. The van der Waals surface area contributed by atoms with Crippen molar-refractivity contribution in [3.63, 3.8) is 0 Å². The molecule has 286 valence electrons. The summed E-state index contributed by atoms with van der Waals surface area (Å²) in [6.45, 7) is 11.5. The van der Waals surface area contributed by atoms with Crippen molar-refractivity contribution in [3.05, 3.63) is 117 Å². The molecular formula is C42H51F4N3O4. The van der Waals surface area contributed by atoms with Crippen molar-refractivity contribution in [1.82, 2.24) is 14.8 Å². The van der Waals surface area contributed by atoms with E-state index in [-0.39, 0.29) is 37.1 Å². The summed E-state index contributed by atoms with van der Waals surface area (Å²) >= 11 is 0. The van der Waals surface area contributed by atoms with Crippen LogP contribution in [0.3, 0.4) is 0 Å². The van der Waals surface area contributed by atoms with Crippen LogP contribution in [0.4, 0.5) is 17.6 Å². The Kier molecular flexibility index (Phi) is 14.4. The molecule has 1 amide bonds. The molecule has 1 heterocycles. The lowest BCUT2D eigenvalue weighted by Gasteiger charge is -2.26. The van der Waals surface area contributed by atoms with E-state index in [9.17, 15) is 27.6 Å². The molecule has 0 bridgehead atoms. The van der Waals surface area contributed by atoms with Crippen LogP contribution >= 0.6 is 0 Å². The Morgan fingerprint density at radius 3 is 2.42 bits per heavy atom. The molecule has 1 aliphatic rings. The number of benzene rings is 2. The van der Waals surface area contributed by atoms with Crippen LogP contribution in [-0.4, -0.2) is 48.6 Å². The van der Waals surface area contributed by atoms with Crippen molar-refractivity contribution >= 4 is 11.9 Å². The number of carbonyl (C=O) groups excluding carboxylic acids is 2. The summed E-state index contributed by atoms with van der Waals surface area (Å²) in [7, 11) is 3.43. The number of hydrogen-bond acceptors (Lipinski definition) is 5. The van der Waals surface area contributed by atoms with E-state index < -0.39 is 53.5 Å². The Morgan fingerprint density at radius 2 is 1.79 bits per heavy atom. The minimum absolute atomic E-state index is 0.0364. The summed E-state index contributed by atoms with van der Waals surface area (Å²) < 4.78 is 64.0. The van der Waals surface area contributed by atoms with Gasteiger partial charge in [0.1, 0.15) is 11.9 Å². The van der Waals surface area contributed by atoms with Gasteiger partial charge < -0.3 is 19.5 Å². The van der Waals surface area contributed by atoms with Crippen LogP contribution in [0.1, 0.15) is 103 Å². The summed E-state index contributed by atoms with van der Waals surface area (Å²) in [5.74, 6) is -1.61. The standard InChI is InChI=1S/C42H51F4N3O4/c1-7-10-11-12-14-29-22-32(28-15-16-28)21-27(4)40(29)30-17-18-35(43)33(23-30)36(25-39(51)53-9-3)47-41(52)37(13-8-2)49-26-31(19-20-48(5)6)34(24-38(49)50)42(44,45)46/h7-8,17-18,21-24,26,28,36-37H,1-2,9-16,19-20,25H2,3-6H3,(H,47,52)/t36-,37-/m0/s1. The molecule has 1 aromatic heterocycles.